The van der Waals surface area contributed by atoms with Gasteiger partial charge in [-0.3, -0.25) is 9.78 Å². The fraction of sp³-hybridized carbons (Fsp3) is 0.684. The summed E-state index contributed by atoms with van der Waals surface area (Å²) in [5.41, 5.74) is 1.14. The quantitative estimate of drug-likeness (QED) is 0.879. The van der Waals surface area contributed by atoms with Crippen LogP contribution in [-0.2, 0) is 4.79 Å². The van der Waals surface area contributed by atoms with Crippen LogP contribution in [0.25, 0.3) is 0 Å². The molecule has 1 saturated carbocycles. The fourth-order valence-corrected chi connectivity index (χ4v) is 4.04. The maximum Gasteiger partial charge on any atom is 0.223 e. The predicted molar refractivity (Wildman–Crippen MR) is 99.2 cm³/mol. The maximum atomic E-state index is 12.7. The zero-order chi connectivity index (χ0) is 15.9. The number of hydrogen-bond donors (Lipinski definition) is 1. The Morgan fingerprint density at radius 2 is 2.12 bits per heavy atom. The largest absolute Gasteiger partial charge is 0.333 e. The second-order valence-electron chi connectivity index (χ2n) is 6.99. The van der Waals surface area contributed by atoms with Crippen LogP contribution in [-0.4, -0.2) is 35.4 Å². The first-order chi connectivity index (χ1) is 11.3. The van der Waals surface area contributed by atoms with Gasteiger partial charge >= 0.3 is 0 Å². The van der Waals surface area contributed by atoms with Crippen molar-refractivity contribution in [1.29, 1.82) is 0 Å². The van der Waals surface area contributed by atoms with E-state index < -0.39 is 0 Å². The summed E-state index contributed by atoms with van der Waals surface area (Å²) in [6, 6.07) is 4.17. The molecule has 24 heavy (non-hydrogen) atoms. The molecule has 1 N–H and O–H groups in total. The Balaban J connectivity index is 0.00000208. The molecule has 3 rings (SSSR count). The molecule has 1 amide bonds. The zero-order valence-electron chi connectivity index (χ0n) is 14.5. The molecule has 2 fully saturated rings. The van der Waals surface area contributed by atoms with Gasteiger partial charge < -0.3 is 10.2 Å². The van der Waals surface area contributed by atoms with E-state index in [0.717, 1.165) is 37.5 Å². The van der Waals surface area contributed by atoms with Gasteiger partial charge in [0, 0.05) is 38.4 Å². The van der Waals surface area contributed by atoms with E-state index in [2.05, 4.69) is 21.3 Å². The highest BCUT2D eigenvalue weighted by Crippen LogP contribution is 2.28. The number of carbonyl (C=O) groups is 1. The Labute approximate surface area is 151 Å². The number of halogens is 1. The summed E-state index contributed by atoms with van der Waals surface area (Å²) in [6.45, 7) is 2.53. The summed E-state index contributed by atoms with van der Waals surface area (Å²) in [5, 5.41) is 3.40. The number of rotatable bonds is 5. The average Bonchev–Trinajstić information content (AvgIpc) is 2.63. The summed E-state index contributed by atoms with van der Waals surface area (Å²) in [5.74, 6) is 1.19. The Kier molecular flexibility index (Phi) is 8.00. The highest BCUT2D eigenvalue weighted by molar-refractivity contribution is 5.85. The first-order valence-corrected chi connectivity index (χ1v) is 9.24. The van der Waals surface area contributed by atoms with Crippen LogP contribution < -0.4 is 5.32 Å². The van der Waals surface area contributed by atoms with Crippen molar-refractivity contribution >= 4 is 18.3 Å². The molecule has 0 aromatic carbocycles. The van der Waals surface area contributed by atoms with Crippen molar-refractivity contribution in [2.75, 3.05) is 19.6 Å². The SMILES string of the molecule is Cl.O=C(CCCC1CCCCC1)N1CCNCC1c1cccnc1. The Bertz CT molecular complexity index is 491. The van der Waals surface area contributed by atoms with E-state index in [1.807, 2.05) is 12.3 Å². The lowest BCUT2D eigenvalue weighted by Gasteiger charge is -2.36. The van der Waals surface area contributed by atoms with Crippen molar-refractivity contribution in [2.24, 2.45) is 5.92 Å². The first kappa shape index (κ1) is 19.2. The van der Waals surface area contributed by atoms with Crippen LogP contribution in [0.4, 0.5) is 0 Å². The van der Waals surface area contributed by atoms with Gasteiger partial charge in [-0.05, 0) is 30.4 Å². The van der Waals surface area contributed by atoms with Crippen LogP contribution in [0.15, 0.2) is 24.5 Å². The molecule has 0 radical (unpaired) electrons. The minimum Gasteiger partial charge on any atom is -0.333 e. The molecule has 1 aliphatic heterocycles. The minimum atomic E-state index is 0. The summed E-state index contributed by atoms with van der Waals surface area (Å²) in [7, 11) is 0. The van der Waals surface area contributed by atoms with Crippen molar-refractivity contribution < 1.29 is 4.79 Å². The molecule has 1 aromatic rings. The van der Waals surface area contributed by atoms with Gasteiger partial charge in [0.2, 0.25) is 5.91 Å². The van der Waals surface area contributed by atoms with Crippen LogP contribution in [0.5, 0.6) is 0 Å². The molecule has 1 aromatic heterocycles. The number of aromatic nitrogens is 1. The number of pyridine rings is 1. The van der Waals surface area contributed by atoms with E-state index in [4.69, 9.17) is 0 Å². The summed E-state index contributed by atoms with van der Waals surface area (Å²) in [4.78, 5) is 19.0. The monoisotopic (exact) mass is 351 g/mol. The van der Waals surface area contributed by atoms with E-state index in [-0.39, 0.29) is 18.4 Å². The molecule has 1 aliphatic carbocycles. The molecule has 1 atom stereocenters. The molecule has 5 heteroatoms. The predicted octanol–water partition coefficient (Wildman–Crippen LogP) is 3.73. The molecular weight excluding hydrogens is 322 g/mol. The molecule has 0 spiro atoms. The van der Waals surface area contributed by atoms with Crippen LogP contribution in [0.3, 0.4) is 0 Å². The summed E-state index contributed by atoms with van der Waals surface area (Å²) >= 11 is 0. The molecule has 134 valence electrons. The normalized spacial score (nSPS) is 22.0. The third kappa shape index (κ3) is 5.18. The topological polar surface area (TPSA) is 45.2 Å². The number of hydrogen-bond acceptors (Lipinski definition) is 3. The molecule has 0 bridgehead atoms. The van der Waals surface area contributed by atoms with E-state index >= 15 is 0 Å². The third-order valence-electron chi connectivity index (χ3n) is 5.36. The van der Waals surface area contributed by atoms with Crippen LogP contribution in [0, 0.1) is 5.92 Å². The lowest BCUT2D eigenvalue weighted by Crippen LogP contribution is -2.48. The summed E-state index contributed by atoms with van der Waals surface area (Å²) in [6.07, 6.45) is 13.6. The number of carbonyl (C=O) groups excluding carboxylic acids is 1. The van der Waals surface area contributed by atoms with Crippen LogP contribution >= 0.6 is 12.4 Å². The van der Waals surface area contributed by atoms with Gasteiger partial charge in [0.15, 0.2) is 0 Å². The smallest absolute Gasteiger partial charge is 0.223 e. The van der Waals surface area contributed by atoms with Crippen molar-refractivity contribution in [3.05, 3.63) is 30.1 Å². The Morgan fingerprint density at radius 3 is 2.88 bits per heavy atom. The molecule has 4 nitrogen and oxygen atoms in total. The second-order valence-corrected chi connectivity index (χ2v) is 6.99. The standard InChI is InChI=1S/C19H29N3O.ClH/c23-19(10-4-8-16-6-2-1-3-7-16)22-13-12-21-15-18(22)17-9-5-11-20-14-17;/h5,9,11,14,16,18,21H,1-4,6-8,10,12-13,15H2;1H. The fourth-order valence-electron chi connectivity index (χ4n) is 4.04. The van der Waals surface area contributed by atoms with Gasteiger partial charge in [-0.25, -0.2) is 0 Å². The highest BCUT2D eigenvalue weighted by Gasteiger charge is 2.27. The Morgan fingerprint density at radius 1 is 1.29 bits per heavy atom. The molecule has 2 aliphatic rings. The third-order valence-corrected chi connectivity index (χ3v) is 5.36. The van der Waals surface area contributed by atoms with Crippen LogP contribution in [0.1, 0.15) is 63.0 Å². The van der Waals surface area contributed by atoms with Crippen molar-refractivity contribution in [3.8, 4) is 0 Å². The first-order valence-electron chi connectivity index (χ1n) is 9.24. The minimum absolute atomic E-state index is 0. The van der Waals surface area contributed by atoms with Crippen molar-refractivity contribution in [2.45, 2.75) is 57.4 Å². The number of nitrogens with zero attached hydrogens (tertiary/aromatic N) is 2. The number of amides is 1. The van der Waals surface area contributed by atoms with Crippen molar-refractivity contribution in [1.82, 2.24) is 15.2 Å². The average molecular weight is 352 g/mol. The molecular formula is C19H30ClN3O. The van der Waals surface area contributed by atoms with E-state index in [1.54, 1.807) is 6.20 Å². The van der Waals surface area contributed by atoms with Crippen LogP contribution in [0.2, 0.25) is 0 Å². The summed E-state index contributed by atoms with van der Waals surface area (Å²) < 4.78 is 0. The maximum absolute atomic E-state index is 12.7. The lowest BCUT2D eigenvalue weighted by molar-refractivity contribution is -0.134. The van der Waals surface area contributed by atoms with Gasteiger partial charge in [-0.2, -0.15) is 0 Å². The van der Waals surface area contributed by atoms with Gasteiger partial charge in [0.25, 0.3) is 0 Å². The molecule has 1 unspecified atom stereocenters. The van der Waals surface area contributed by atoms with E-state index in [9.17, 15) is 4.79 Å². The van der Waals surface area contributed by atoms with E-state index in [0.29, 0.717) is 12.3 Å². The highest BCUT2D eigenvalue weighted by atomic mass is 35.5. The second kappa shape index (κ2) is 10.00. The van der Waals surface area contributed by atoms with Crippen molar-refractivity contribution in [3.63, 3.8) is 0 Å². The molecule has 2 heterocycles. The molecule has 1 saturated heterocycles. The number of nitrogens with one attached hydrogen (secondary N) is 1. The van der Waals surface area contributed by atoms with E-state index in [1.165, 1.54) is 38.5 Å². The van der Waals surface area contributed by atoms with Gasteiger partial charge in [0.05, 0.1) is 6.04 Å². The van der Waals surface area contributed by atoms with Gasteiger partial charge in [-0.15, -0.1) is 12.4 Å². The number of piperazine rings is 1. The lowest BCUT2D eigenvalue weighted by atomic mass is 9.86. The zero-order valence-corrected chi connectivity index (χ0v) is 15.3. The van der Waals surface area contributed by atoms with Gasteiger partial charge in [0.1, 0.15) is 0 Å². The Hall–Kier alpha value is -1.13. The van der Waals surface area contributed by atoms with Gasteiger partial charge in [-0.1, -0.05) is 38.2 Å².